The third kappa shape index (κ3) is 2.84. The molecule has 0 fully saturated rings. The summed E-state index contributed by atoms with van der Waals surface area (Å²) >= 11 is 3.26. The predicted octanol–water partition coefficient (Wildman–Crippen LogP) is 4.67. The van der Waals surface area contributed by atoms with Crippen LogP contribution in [0.15, 0.2) is 65.1 Å². The average molecular weight is 422 g/mol. The third-order valence-electron chi connectivity index (χ3n) is 4.43. The Morgan fingerprint density at radius 1 is 0.815 bits per heavy atom. The standard InChI is InChI=1S/C21H12BrNO4/c22-11-8-9-16(15(10-11)21(26)27)23-17-7-3-6-14-18(17)20(25)13-5-2-1-4-12(13)19(14)24/h1-10,23H,(H,26,27). The molecule has 0 saturated carbocycles. The molecule has 3 aromatic rings. The fourth-order valence-corrected chi connectivity index (χ4v) is 3.56. The first kappa shape index (κ1) is 17.2. The number of aromatic carboxylic acids is 1. The Morgan fingerprint density at radius 3 is 2.19 bits per heavy atom. The summed E-state index contributed by atoms with van der Waals surface area (Å²) in [5.41, 5.74) is 2.05. The molecule has 132 valence electrons. The first-order chi connectivity index (χ1) is 13.0. The van der Waals surface area contributed by atoms with E-state index >= 15 is 0 Å². The van der Waals surface area contributed by atoms with E-state index in [9.17, 15) is 19.5 Å². The molecule has 0 radical (unpaired) electrons. The van der Waals surface area contributed by atoms with Gasteiger partial charge in [-0.05, 0) is 24.3 Å². The van der Waals surface area contributed by atoms with Crippen LogP contribution in [0.25, 0.3) is 0 Å². The monoisotopic (exact) mass is 421 g/mol. The Hall–Kier alpha value is -3.25. The van der Waals surface area contributed by atoms with Crippen molar-refractivity contribution >= 4 is 44.8 Å². The highest BCUT2D eigenvalue weighted by atomic mass is 79.9. The van der Waals surface area contributed by atoms with E-state index in [4.69, 9.17) is 0 Å². The topological polar surface area (TPSA) is 83.5 Å². The largest absolute Gasteiger partial charge is 0.478 e. The van der Waals surface area contributed by atoms with Crippen molar-refractivity contribution in [1.29, 1.82) is 0 Å². The second-order valence-corrected chi connectivity index (χ2v) is 6.97. The number of rotatable bonds is 3. The summed E-state index contributed by atoms with van der Waals surface area (Å²) in [5, 5.41) is 12.5. The van der Waals surface area contributed by atoms with Crippen LogP contribution >= 0.6 is 15.9 Å². The van der Waals surface area contributed by atoms with Crippen molar-refractivity contribution in [3.05, 3.63) is 93.0 Å². The minimum Gasteiger partial charge on any atom is -0.478 e. The number of ketones is 2. The average Bonchev–Trinajstić information content (AvgIpc) is 2.67. The molecule has 1 aliphatic carbocycles. The zero-order valence-electron chi connectivity index (χ0n) is 13.8. The lowest BCUT2D eigenvalue weighted by Crippen LogP contribution is -2.22. The van der Waals surface area contributed by atoms with Crippen molar-refractivity contribution in [2.24, 2.45) is 0 Å². The van der Waals surface area contributed by atoms with E-state index < -0.39 is 5.97 Å². The molecule has 0 aromatic heterocycles. The van der Waals surface area contributed by atoms with Crippen LogP contribution in [0.1, 0.15) is 42.2 Å². The fourth-order valence-electron chi connectivity index (χ4n) is 3.20. The predicted molar refractivity (Wildman–Crippen MR) is 104 cm³/mol. The molecule has 4 rings (SSSR count). The van der Waals surface area contributed by atoms with Gasteiger partial charge in [-0.2, -0.15) is 0 Å². The van der Waals surface area contributed by atoms with Crippen molar-refractivity contribution in [2.45, 2.75) is 0 Å². The Bertz CT molecular complexity index is 1140. The molecule has 5 nitrogen and oxygen atoms in total. The van der Waals surface area contributed by atoms with E-state index in [1.165, 1.54) is 6.07 Å². The van der Waals surface area contributed by atoms with Gasteiger partial charge in [0.05, 0.1) is 22.5 Å². The van der Waals surface area contributed by atoms with Gasteiger partial charge >= 0.3 is 5.97 Å². The number of hydrogen-bond donors (Lipinski definition) is 2. The maximum absolute atomic E-state index is 13.0. The number of benzene rings is 3. The number of nitrogens with one attached hydrogen (secondary N) is 1. The number of halogens is 1. The quantitative estimate of drug-likeness (QED) is 0.502. The summed E-state index contributed by atoms with van der Waals surface area (Å²) in [6, 6.07) is 16.4. The smallest absolute Gasteiger partial charge is 0.337 e. The van der Waals surface area contributed by atoms with Crippen LogP contribution < -0.4 is 5.32 Å². The van der Waals surface area contributed by atoms with Gasteiger partial charge in [0.1, 0.15) is 0 Å². The zero-order chi connectivity index (χ0) is 19.1. The molecule has 2 N–H and O–H groups in total. The SMILES string of the molecule is O=C(O)c1cc(Br)ccc1Nc1cccc2c1C(=O)c1ccccc1C2=O. The summed E-state index contributed by atoms with van der Waals surface area (Å²) in [4.78, 5) is 37.4. The van der Waals surface area contributed by atoms with Crippen molar-refractivity contribution < 1.29 is 19.5 Å². The maximum atomic E-state index is 13.0. The molecule has 3 aromatic carbocycles. The van der Waals surface area contributed by atoms with Crippen LogP contribution in [0.3, 0.4) is 0 Å². The summed E-state index contributed by atoms with van der Waals surface area (Å²) in [6.45, 7) is 0. The second-order valence-electron chi connectivity index (χ2n) is 6.05. The molecule has 6 heteroatoms. The van der Waals surface area contributed by atoms with Crippen LogP contribution in [0.5, 0.6) is 0 Å². The van der Waals surface area contributed by atoms with E-state index in [-0.39, 0.29) is 22.7 Å². The highest BCUT2D eigenvalue weighted by molar-refractivity contribution is 9.10. The summed E-state index contributed by atoms with van der Waals surface area (Å²) in [5.74, 6) is -1.59. The Balaban J connectivity index is 1.86. The molecular formula is C21H12BrNO4. The number of carboxylic acid groups (broad SMARTS) is 1. The molecule has 0 spiro atoms. The van der Waals surface area contributed by atoms with E-state index in [0.717, 1.165) is 0 Å². The lowest BCUT2D eigenvalue weighted by Gasteiger charge is -2.21. The van der Waals surface area contributed by atoms with Gasteiger partial charge in [0.25, 0.3) is 0 Å². The number of anilines is 2. The summed E-state index contributed by atoms with van der Waals surface area (Å²) < 4.78 is 0.626. The second kappa shape index (κ2) is 6.48. The zero-order valence-corrected chi connectivity index (χ0v) is 15.4. The molecule has 0 unspecified atom stereocenters. The normalized spacial score (nSPS) is 12.3. The molecular weight excluding hydrogens is 410 g/mol. The lowest BCUT2D eigenvalue weighted by molar-refractivity contribution is 0.0697. The van der Waals surface area contributed by atoms with Gasteiger partial charge in [-0.1, -0.05) is 52.3 Å². The molecule has 27 heavy (non-hydrogen) atoms. The van der Waals surface area contributed by atoms with Crippen LogP contribution in [0, 0.1) is 0 Å². The molecule has 0 aliphatic heterocycles. The number of fused-ring (bicyclic) bond motifs is 2. The first-order valence-corrected chi connectivity index (χ1v) is 8.88. The lowest BCUT2D eigenvalue weighted by atomic mass is 9.83. The van der Waals surface area contributed by atoms with Gasteiger partial charge in [-0.25, -0.2) is 4.79 Å². The van der Waals surface area contributed by atoms with Crippen LogP contribution in [0.4, 0.5) is 11.4 Å². The van der Waals surface area contributed by atoms with E-state index in [2.05, 4.69) is 21.2 Å². The van der Waals surface area contributed by atoms with Gasteiger partial charge in [0.15, 0.2) is 11.6 Å². The van der Waals surface area contributed by atoms with E-state index in [1.54, 1.807) is 54.6 Å². The van der Waals surface area contributed by atoms with Crippen molar-refractivity contribution in [3.63, 3.8) is 0 Å². The van der Waals surface area contributed by atoms with E-state index in [1.807, 2.05) is 0 Å². The van der Waals surface area contributed by atoms with Crippen LogP contribution in [0.2, 0.25) is 0 Å². The molecule has 0 amide bonds. The molecule has 1 aliphatic rings. The Kier molecular flexibility index (Phi) is 4.12. The van der Waals surface area contributed by atoms with Gasteiger partial charge in [0.2, 0.25) is 0 Å². The Morgan fingerprint density at radius 2 is 1.48 bits per heavy atom. The summed E-state index contributed by atoms with van der Waals surface area (Å²) in [7, 11) is 0. The number of carbonyl (C=O) groups excluding carboxylic acids is 2. The number of hydrogen-bond acceptors (Lipinski definition) is 4. The fraction of sp³-hybridized carbons (Fsp3) is 0. The highest BCUT2D eigenvalue weighted by Crippen LogP contribution is 2.34. The Labute approximate surface area is 162 Å². The molecule has 0 saturated heterocycles. The summed E-state index contributed by atoms with van der Waals surface area (Å²) in [6.07, 6.45) is 0. The molecule has 0 heterocycles. The third-order valence-corrected chi connectivity index (χ3v) is 4.93. The van der Waals surface area contributed by atoms with Crippen LogP contribution in [-0.4, -0.2) is 22.6 Å². The van der Waals surface area contributed by atoms with Gasteiger partial charge in [0, 0.05) is 21.2 Å². The van der Waals surface area contributed by atoms with E-state index in [0.29, 0.717) is 32.5 Å². The number of carbonyl (C=O) groups is 3. The molecule has 0 atom stereocenters. The van der Waals surface area contributed by atoms with Gasteiger partial charge < -0.3 is 10.4 Å². The minimum absolute atomic E-state index is 0.0527. The molecule has 0 bridgehead atoms. The maximum Gasteiger partial charge on any atom is 0.337 e. The van der Waals surface area contributed by atoms with Crippen molar-refractivity contribution in [2.75, 3.05) is 5.32 Å². The number of carboxylic acids is 1. The van der Waals surface area contributed by atoms with Crippen LogP contribution in [-0.2, 0) is 0 Å². The van der Waals surface area contributed by atoms with Gasteiger partial charge in [-0.15, -0.1) is 0 Å². The van der Waals surface area contributed by atoms with Gasteiger partial charge in [-0.3, -0.25) is 9.59 Å². The minimum atomic E-state index is -1.10. The highest BCUT2D eigenvalue weighted by Gasteiger charge is 2.31. The van der Waals surface area contributed by atoms with Crippen molar-refractivity contribution in [3.8, 4) is 0 Å². The first-order valence-electron chi connectivity index (χ1n) is 8.08. The van der Waals surface area contributed by atoms with Crippen molar-refractivity contribution in [1.82, 2.24) is 0 Å².